The number of amidine groups is 1. The predicted octanol–water partition coefficient (Wildman–Crippen LogP) is 1.08. The highest BCUT2D eigenvalue weighted by Gasteiger charge is 2.23. The van der Waals surface area contributed by atoms with Crippen molar-refractivity contribution in [3.05, 3.63) is 23.8 Å². The largest absolute Gasteiger partial charge is 0.493 e. The van der Waals surface area contributed by atoms with E-state index in [4.69, 9.17) is 15.3 Å². The molecule has 0 atom stereocenters. The fourth-order valence-electron chi connectivity index (χ4n) is 1.64. The molecule has 92 valence electrons. The van der Waals surface area contributed by atoms with Gasteiger partial charge in [-0.1, -0.05) is 6.07 Å². The van der Waals surface area contributed by atoms with Gasteiger partial charge >= 0.3 is 0 Å². The zero-order valence-corrected chi connectivity index (χ0v) is 10.1. The average Bonchev–Trinajstić information content (AvgIpc) is 3.18. The molecule has 1 fully saturated rings. The number of nitrogens with zero attached hydrogens (tertiary/aromatic N) is 1. The lowest BCUT2D eigenvalue weighted by Gasteiger charge is -2.13. The van der Waals surface area contributed by atoms with Crippen LogP contribution in [0.3, 0.4) is 0 Å². The van der Waals surface area contributed by atoms with Crippen LogP contribution in [-0.2, 0) is 0 Å². The van der Waals surface area contributed by atoms with E-state index in [1.165, 1.54) is 0 Å². The minimum atomic E-state index is 0.386. The van der Waals surface area contributed by atoms with Crippen molar-refractivity contribution < 1.29 is 9.47 Å². The molecule has 17 heavy (non-hydrogen) atoms. The van der Waals surface area contributed by atoms with Crippen molar-refractivity contribution in [2.75, 3.05) is 14.2 Å². The summed E-state index contributed by atoms with van der Waals surface area (Å²) in [6, 6.07) is 6.02. The highest BCUT2D eigenvalue weighted by Crippen LogP contribution is 2.32. The number of para-hydroxylation sites is 1. The molecule has 1 saturated carbocycles. The summed E-state index contributed by atoms with van der Waals surface area (Å²) < 4.78 is 10.6. The van der Waals surface area contributed by atoms with E-state index in [2.05, 4.69) is 10.4 Å². The molecule has 5 heteroatoms. The molecule has 1 aromatic carbocycles. The summed E-state index contributed by atoms with van der Waals surface area (Å²) in [5.74, 6) is 7.48. The van der Waals surface area contributed by atoms with E-state index < -0.39 is 0 Å². The Labute approximate surface area is 101 Å². The number of hydrogen-bond acceptors (Lipinski definition) is 4. The Morgan fingerprint density at radius 1 is 1.35 bits per heavy atom. The summed E-state index contributed by atoms with van der Waals surface area (Å²) in [5.41, 5.74) is 3.45. The lowest BCUT2D eigenvalue weighted by molar-refractivity contribution is 0.354. The van der Waals surface area contributed by atoms with Gasteiger partial charge in [0.25, 0.3) is 0 Å². The number of hydrogen-bond donors (Lipinski definition) is 2. The van der Waals surface area contributed by atoms with Crippen LogP contribution in [0, 0.1) is 0 Å². The molecule has 0 bridgehead atoms. The number of nitrogens with one attached hydrogen (secondary N) is 1. The molecule has 1 aromatic rings. The first-order valence-corrected chi connectivity index (χ1v) is 5.56. The highest BCUT2D eigenvalue weighted by molar-refractivity contribution is 6.01. The van der Waals surface area contributed by atoms with Crippen molar-refractivity contribution in [3.63, 3.8) is 0 Å². The van der Waals surface area contributed by atoms with Crippen LogP contribution in [0.15, 0.2) is 23.2 Å². The number of aliphatic imine (C=N–C) groups is 1. The molecule has 0 radical (unpaired) electrons. The number of rotatable bonds is 4. The van der Waals surface area contributed by atoms with Gasteiger partial charge in [-0.05, 0) is 25.0 Å². The van der Waals surface area contributed by atoms with Gasteiger partial charge in [0.15, 0.2) is 11.5 Å². The summed E-state index contributed by atoms with van der Waals surface area (Å²) in [5, 5.41) is 0. The molecule has 0 unspecified atom stereocenters. The van der Waals surface area contributed by atoms with Gasteiger partial charge in [-0.15, -0.1) is 0 Å². The maximum Gasteiger partial charge on any atom is 0.171 e. The van der Waals surface area contributed by atoms with Crippen molar-refractivity contribution in [2.24, 2.45) is 10.8 Å². The Morgan fingerprint density at radius 2 is 2.12 bits per heavy atom. The van der Waals surface area contributed by atoms with Crippen LogP contribution < -0.4 is 20.7 Å². The number of benzene rings is 1. The van der Waals surface area contributed by atoms with Gasteiger partial charge in [0.05, 0.1) is 25.8 Å². The van der Waals surface area contributed by atoms with Crippen molar-refractivity contribution in [1.82, 2.24) is 5.43 Å². The fourth-order valence-corrected chi connectivity index (χ4v) is 1.64. The topological polar surface area (TPSA) is 68.9 Å². The molecule has 0 aromatic heterocycles. The summed E-state index contributed by atoms with van der Waals surface area (Å²) in [4.78, 5) is 4.51. The number of ether oxygens (including phenoxy) is 2. The van der Waals surface area contributed by atoms with Crippen LogP contribution in [0.25, 0.3) is 0 Å². The Kier molecular flexibility index (Phi) is 3.49. The van der Waals surface area contributed by atoms with Gasteiger partial charge in [0.2, 0.25) is 0 Å². The van der Waals surface area contributed by atoms with Crippen LogP contribution in [0.2, 0.25) is 0 Å². The third-order valence-corrected chi connectivity index (χ3v) is 2.65. The van der Waals surface area contributed by atoms with Gasteiger partial charge in [0, 0.05) is 0 Å². The second-order valence-electron chi connectivity index (χ2n) is 3.89. The zero-order chi connectivity index (χ0) is 12.3. The van der Waals surface area contributed by atoms with E-state index in [0.717, 1.165) is 18.4 Å². The van der Waals surface area contributed by atoms with E-state index >= 15 is 0 Å². The number of hydrazine groups is 1. The lowest BCUT2D eigenvalue weighted by Crippen LogP contribution is -2.31. The Balaban J connectivity index is 2.41. The van der Waals surface area contributed by atoms with Crippen LogP contribution >= 0.6 is 0 Å². The van der Waals surface area contributed by atoms with Crippen LogP contribution in [-0.4, -0.2) is 26.1 Å². The van der Waals surface area contributed by atoms with E-state index in [-0.39, 0.29) is 0 Å². The molecule has 0 saturated heterocycles. The Hall–Kier alpha value is -1.75. The molecular formula is C12H17N3O2. The fraction of sp³-hybridized carbons (Fsp3) is 0.417. The predicted molar refractivity (Wildman–Crippen MR) is 66.4 cm³/mol. The molecule has 0 amide bonds. The Morgan fingerprint density at radius 3 is 2.65 bits per heavy atom. The molecule has 1 aliphatic carbocycles. The van der Waals surface area contributed by atoms with Gasteiger partial charge in [0.1, 0.15) is 5.84 Å². The molecule has 2 rings (SSSR count). The summed E-state index contributed by atoms with van der Waals surface area (Å²) in [7, 11) is 3.21. The van der Waals surface area contributed by atoms with Gasteiger partial charge < -0.3 is 14.9 Å². The Bertz CT molecular complexity index is 428. The average molecular weight is 235 g/mol. The second-order valence-corrected chi connectivity index (χ2v) is 3.89. The van der Waals surface area contributed by atoms with E-state index in [0.29, 0.717) is 23.4 Å². The third-order valence-electron chi connectivity index (χ3n) is 2.65. The molecule has 0 heterocycles. The molecular weight excluding hydrogens is 218 g/mol. The zero-order valence-electron chi connectivity index (χ0n) is 10.1. The van der Waals surface area contributed by atoms with Gasteiger partial charge in [-0.3, -0.25) is 4.99 Å². The van der Waals surface area contributed by atoms with Crippen molar-refractivity contribution in [2.45, 2.75) is 18.9 Å². The van der Waals surface area contributed by atoms with E-state index in [1.54, 1.807) is 14.2 Å². The SMILES string of the molecule is COc1cccc(C(=NC2CC2)NN)c1OC. The first kappa shape index (κ1) is 11.7. The molecule has 3 N–H and O–H groups in total. The minimum absolute atomic E-state index is 0.386. The number of nitrogens with two attached hydrogens (primary N) is 1. The normalized spacial score (nSPS) is 15.6. The van der Waals surface area contributed by atoms with Crippen molar-refractivity contribution in [1.29, 1.82) is 0 Å². The summed E-state index contributed by atoms with van der Waals surface area (Å²) in [6.07, 6.45) is 2.24. The van der Waals surface area contributed by atoms with E-state index in [1.807, 2.05) is 18.2 Å². The van der Waals surface area contributed by atoms with Gasteiger partial charge in [-0.2, -0.15) is 0 Å². The minimum Gasteiger partial charge on any atom is -0.493 e. The van der Waals surface area contributed by atoms with Gasteiger partial charge in [-0.25, -0.2) is 5.84 Å². The maximum absolute atomic E-state index is 5.52. The first-order valence-electron chi connectivity index (χ1n) is 5.56. The monoisotopic (exact) mass is 235 g/mol. The van der Waals surface area contributed by atoms with Crippen molar-refractivity contribution >= 4 is 5.84 Å². The third kappa shape index (κ3) is 2.50. The maximum atomic E-state index is 5.52. The van der Waals surface area contributed by atoms with Crippen LogP contribution in [0.5, 0.6) is 11.5 Å². The highest BCUT2D eigenvalue weighted by atomic mass is 16.5. The summed E-state index contributed by atoms with van der Waals surface area (Å²) >= 11 is 0. The molecule has 1 aliphatic rings. The van der Waals surface area contributed by atoms with E-state index in [9.17, 15) is 0 Å². The smallest absolute Gasteiger partial charge is 0.171 e. The van der Waals surface area contributed by atoms with Crippen LogP contribution in [0.1, 0.15) is 18.4 Å². The first-order chi connectivity index (χ1) is 8.30. The molecule has 0 aliphatic heterocycles. The molecule has 5 nitrogen and oxygen atoms in total. The lowest BCUT2D eigenvalue weighted by atomic mass is 10.1. The quantitative estimate of drug-likeness (QED) is 0.354. The summed E-state index contributed by atoms with van der Waals surface area (Å²) in [6.45, 7) is 0. The number of methoxy groups -OCH3 is 2. The second kappa shape index (κ2) is 5.05. The van der Waals surface area contributed by atoms with Crippen LogP contribution in [0.4, 0.5) is 0 Å². The standard InChI is InChI=1S/C12H17N3O2/c1-16-10-5-3-4-9(11(10)17-2)12(15-13)14-8-6-7-8/h3-5,8H,6-7,13H2,1-2H3,(H,14,15). The van der Waals surface area contributed by atoms with Crippen molar-refractivity contribution in [3.8, 4) is 11.5 Å². The molecule has 0 spiro atoms.